The normalized spacial score (nSPS) is 27.5. The first kappa shape index (κ1) is 12.3. The van der Waals surface area contributed by atoms with E-state index < -0.39 is 11.2 Å². The molecule has 1 fully saturated rings. The van der Waals surface area contributed by atoms with Crippen LogP contribution < -0.4 is 5.32 Å². The highest BCUT2D eigenvalue weighted by Gasteiger charge is 2.43. The van der Waals surface area contributed by atoms with E-state index in [1.807, 2.05) is 13.8 Å². The first-order valence-corrected chi connectivity index (χ1v) is 5.44. The summed E-state index contributed by atoms with van der Waals surface area (Å²) >= 11 is 0. The third kappa shape index (κ3) is 3.09. The maximum absolute atomic E-state index is 11.3. The molecule has 0 radical (unpaired) electrons. The number of ether oxygens (including phenoxy) is 1. The summed E-state index contributed by atoms with van der Waals surface area (Å²) in [5, 5.41) is 12.5. The fourth-order valence-electron chi connectivity index (χ4n) is 2.12. The molecule has 88 valence electrons. The summed E-state index contributed by atoms with van der Waals surface area (Å²) in [6.45, 7) is 8.14. The first-order valence-electron chi connectivity index (χ1n) is 5.44. The van der Waals surface area contributed by atoms with E-state index in [2.05, 4.69) is 5.32 Å². The highest BCUT2D eigenvalue weighted by atomic mass is 16.6. The van der Waals surface area contributed by atoms with Crippen LogP contribution in [0.5, 0.6) is 0 Å². The van der Waals surface area contributed by atoms with Crippen molar-refractivity contribution in [3.8, 4) is 0 Å². The van der Waals surface area contributed by atoms with Crippen LogP contribution in [0.2, 0.25) is 0 Å². The summed E-state index contributed by atoms with van der Waals surface area (Å²) in [4.78, 5) is 11.3. The van der Waals surface area contributed by atoms with Gasteiger partial charge in [-0.15, -0.1) is 0 Å². The minimum Gasteiger partial charge on any atom is -0.442 e. The standard InChI is InChI=1S/C11H21NO3/c1-8(2)11(7-10(3,4)14)5-6-12-9(13)15-11/h8,14H,5-7H2,1-4H3,(H,12,13). The van der Waals surface area contributed by atoms with E-state index in [1.54, 1.807) is 13.8 Å². The van der Waals surface area contributed by atoms with Crippen molar-refractivity contribution in [2.45, 2.75) is 51.7 Å². The van der Waals surface area contributed by atoms with Gasteiger partial charge in [0.25, 0.3) is 0 Å². The number of alkyl carbamates (subject to hydrolysis) is 1. The highest BCUT2D eigenvalue weighted by molar-refractivity contribution is 5.68. The Kier molecular flexibility index (Phi) is 3.28. The molecule has 1 saturated heterocycles. The van der Waals surface area contributed by atoms with Crippen LogP contribution in [-0.4, -0.2) is 28.9 Å². The first-order chi connectivity index (χ1) is 6.75. The summed E-state index contributed by atoms with van der Waals surface area (Å²) in [5.74, 6) is 0.204. The Labute approximate surface area is 91.0 Å². The van der Waals surface area contributed by atoms with Crippen LogP contribution in [-0.2, 0) is 4.74 Å². The molecule has 0 aromatic heterocycles. The second-order valence-electron chi connectivity index (χ2n) is 5.27. The van der Waals surface area contributed by atoms with E-state index in [0.29, 0.717) is 13.0 Å². The van der Waals surface area contributed by atoms with E-state index in [4.69, 9.17) is 4.74 Å². The largest absolute Gasteiger partial charge is 0.442 e. The van der Waals surface area contributed by atoms with Crippen LogP contribution in [0.25, 0.3) is 0 Å². The maximum Gasteiger partial charge on any atom is 0.407 e. The molecule has 0 aromatic rings. The van der Waals surface area contributed by atoms with Gasteiger partial charge in [0, 0.05) is 19.4 Å². The Hall–Kier alpha value is -0.770. The average Bonchev–Trinajstić information content (AvgIpc) is 2.00. The topological polar surface area (TPSA) is 58.6 Å². The Morgan fingerprint density at radius 3 is 2.60 bits per heavy atom. The monoisotopic (exact) mass is 215 g/mol. The summed E-state index contributed by atoms with van der Waals surface area (Å²) < 4.78 is 5.40. The molecule has 0 aliphatic carbocycles. The lowest BCUT2D eigenvalue weighted by Gasteiger charge is -2.43. The Morgan fingerprint density at radius 1 is 1.60 bits per heavy atom. The molecular formula is C11H21NO3. The number of hydrogen-bond donors (Lipinski definition) is 2. The van der Waals surface area contributed by atoms with Crippen molar-refractivity contribution < 1.29 is 14.6 Å². The Balaban J connectivity index is 2.83. The minimum absolute atomic E-state index is 0.204. The van der Waals surface area contributed by atoms with Crippen molar-refractivity contribution in [1.82, 2.24) is 5.32 Å². The Morgan fingerprint density at radius 2 is 2.20 bits per heavy atom. The van der Waals surface area contributed by atoms with Crippen LogP contribution in [0, 0.1) is 5.92 Å². The lowest BCUT2D eigenvalue weighted by atomic mass is 9.78. The van der Waals surface area contributed by atoms with Crippen molar-refractivity contribution in [2.75, 3.05) is 6.54 Å². The van der Waals surface area contributed by atoms with Gasteiger partial charge in [0.15, 0.2) is 0 Å². The molecule has 4 nitrogen and oxygen atoms in total. The van der Waals surface area contributed by atoms with Crippen LogP contribution in [0.4, 0.5) is 4.79 Å². The molecule has 15 heavy (non-hydrogen) atoms. The second kappa shape index (κ2) is 4.00. The average molecular weight is 215 g/mol. The van der Waals surface area contributed by atoms with Gasteiger partial charge in [-0.3, -0.25) is 0 Å². The van der Waals surface area contributed by atoms with Crippen LogP contribution in [0.3, 0.4) is 0 Å². The molecule has 2 N–H and O–H groups in total. The van der Waals surface area contributed by atoms with Gasteiger partial charge in [-0.1, -0.05) is 13.8 Å². The number of cyclic esters (lactones) is 1. The number of aliphatic hydroxyl groups is 1. The summed E-state index contributed by atoms with van der Waals surface area (Å²) in [5.41, 5.74) is -1.34. The molecule has 1 aliphatic rings. The zero-order valence-corrected chi connectivity index (χ0v) is 9.96. The van der Waals surface area contributed by atoms with E-state index >= 15 is 0 Å². The van der Waals surface area contributed by atoms with E-state index in [9.17, 15) is 9.90 Å². The summed E-state index contributed by atoms with van der Waals surface area (Å²) in [6, 6.07) is 0. The number of amides is 1. The number of carbonyl (C=O) groups is 1. The van der Waals surface area contributed by atoms with Crippen molar-refractivity contribution in [2.24, 2.45) is 5.92 Å². The molecule has 1 heterocycles. The zero-order valence-electron chi connectivity index (χ0n) is 9.96. The fraction of sp³-hybridized carbons (Fsp3) is 0.909. The van der Waals surface area contributed by atoms with Gasteiger partial charge in [0.1, 0.15) is 5.60 Å². The molecular weight excluding hydrogens is 194 g/mol. The third-order valence-electron chi connectivity index (χ3n) is 2.90. The minimum atomic E-state index is -0.818. The zero-order chi connectivity index (χ0) is 11.7. The lowest BCUT2D eigenvalue weighted by Crippen LogP contribution is -2.53. The predicted octanol–water partition coefficient (Wildman–Crippen LogP) is 1.67. The third-order valence-corrected chi connectivity index (χ3v) is 2.90. The molecule has 1 amide bonds. The van der Waals surface area contributed by atoms with Gasteiger partial charge in [-0.25, -0.2) is 4.79 Å². The smallest absolute Gasteiger partial charge is 0.407 e. The van der Waals surface area contributed by atoms with Gasteiger partial charge >= 0.3 is 6.09 Å². The molecule has 0 aromatic carbocycles. The van der Waals surface area contributed by atoms with Gasteiger partial charge < -0.3 is 15.2 Å². The lowest BCUT2D eigenvalue weighted by molar-refractivity contribution is -0.0952. The molecule has 0 saturated carbocycles. The van der Waals surface area contributed by atoms with Crippen molar-refractivity contribution in [3.05, 3.63) is 0 Å². The molecule has 0 bridgehead atoms. The molecule has 1 atom stereocenters. The predicted molar refractivity (Wildman–Crippen MR) is 57.6 cm³/mol. The molecule has 1 aliphatic heterocycles. The van der Waals surface area contributed by atoms with Crippen LogP contribution in [0.15, 0.2) is 0 Å². The van der Waals surface area contributed by atoms with Gasteiger partial charge in [0.05, 0.1) is 5.60 Å². The van der Waals surface area contributed by atoms with Crippen molar-refractivity contribution in [1.29, 1.82) is 0 Å². The number of hydrogen-bond acceptors (Lipinski definition) is 3. The second-order valence-corrected chi connectivity index (χ2v) is 5.27. The van der Waals surface area contributed by atoms with E-state index in [-0.39, 0.29) is 12.0 Å². The molecule has 1 unspecified atom stereocenters. The van der Waals surface area contributed by atoms with E-state index in [0.717, 1.165) is 6.42 Å². The SMILES string of the molecule is CC(C)C1(CC(C)(C)O)CCNC(=O)O1. The van der Waals surface area contributed by atoms with Crippen molar-refractivity contribution in [3.63, 3.8) is 0 Å². The van der Waals surface area contributed by atoms with E-state index in [1.165, 1.54) is 0 Å². The number of nitrogens with one attached hydrogen (secondary N) is 1. The quantitative estimate of drug-likeness (QED) is 0.753. The van der Waals surface area contributed by atoms with Crippen molar-refractivity contribution >= 4 is 6.09 Å². The van der Waals surface area contributed by atoms with Crippen LogP contribution in [0.1, 0.15) is 40.5 Å². The number of rotatable bonds is 3. The molecule has 4 heteroatoms. The molecule has 1 rings (SSSR count). The van der Waals surface area contributed by atoms with Crippen LogP contribution >= 0.6 is 0 Å². The van der Waals surface area contributed by atoms with Gasteiger partial charge in [0.2, 0.25) is 0 Å². The van der Waals surface area contributed by atoms with Gasteiger partial charge in [-0.2, -0.15) is 0 Å². The number of carbonyl (C=O) groups excluding carboxylic acids is 1. The Bertz CT molecular complexity index is 245. The van der Waals surface area contributed by atoms with Gasteiger partial charge in [-0.05, 0) is 19.8 Å². The maximum atomic E-state index is 11.3. The fourth-order valence-corrected chi connectivity index (χ4v) is 2.12. The summed E-state index contributed by atoms with van der Waals surface area (Å²) in [6.07, 6.45) is 0.852. The molecule has 0 spiro atoms. The summed E-state index contributed by atoms with van der Waals surface area (Å²) in [7, 11) is 0. The highest BCUT2D eigenvalue weighted by Crippen LogP contribution is 2.35.